The lowest BCUT2D eigenvalue weighted by atomic mass is 9.91. The molecule has 1 saturated carbocycles. The summed E-state index contributed by atoms with van der Waals surface area (Å²) in [5.41, 5.74) is 1.38. The van der Waals surface area contributed by atoms with E-state index < -0.39 is 0 Å². The standard InChI is InChI=1S/C16H23BrO/c1-11(2)18-14-9-7-13(8-10-14)16(17)15-6-4-5-12(15)3/h7-12,15-16H,4-6H2,1-3H3. The number of alkyl halides is 1. The van der Waals surface area contributed by atoms with Gasteiger partial charge in [0.15, 0.2) is 0 Å². The molecule has 1 fully saturated rings. The molecule has 0 N–H and O–H groups in total. The van der Waals surface area contributed by atoms with Crippen LogP contribution in [0.25, 0.3) is 0 Å². The minimum absolute atomic E-state index is 0.241. The maximum Gasteiger partial charge on any atom is 0.119 e. The molecule has 0 heterocycles. The molecule has 0 aliphatic heterocycles. The van der Waals surface area contributed by atoms with E-state index in [1.165, 1.54) is 24.8 Å². The van der Waals surface area contributed by atoms with Crippen LogP contribution in [-0.4, -0.2) is 6.10 Å². The highest BCUT2D eigenvalue weighted by Crippen LogP contribution is 2.44. The first-order chi connectivity index (χ1) is 8.58. The topological polar surface area (TPSA) is 9.23 Å². The average molecular weight is 311 g/mol. The van der Waals surface area contributed by atoms with Gasteiger partial charge in [-0.15, -0.1) is 0 Å². The number of hydrogen-bond donors (Lipinski definition) is 0. The summed E-state index contributed by atoms with van der Waals surface area (Å²) in [6.45, 7) is 6.49. The summed E-state index contributed by atoms with van der Waals surface area (Å²) < 4.78 is 5.68. The molecule has 1 aliphatic rings. The molecule has 3 atom stereocenters. The quantitative estimate of drug-likeness (QED) is 0.681. The van der Waals surface area contributed by atoms with Crippen LogP contribution in [0.3, 0.4) is 0 Å². The van der Waals surface area contributed by atoms with E-state index in [2.05, 4.69) is 61.0 Å². The summed E-state index contributed by atoms with van der Waals surface area (Å²) in [5.74, 6) is 2.58. The molecule has 2 heteroatoms. The fraction of sp³-hybridized carbons (Fsp3) is 0.625. The molecule has 0 bridgehead atoms. The Labute approximate surface area is 119 Å². The number of hydrogen-bond acceptors (Lipinski definition) is 1. The molecule has 0 spiro atoms. The van der Waals surface area contributed by atoms with Gasteiger partial charge in [-0.1, -0.05) is 47.8 Å². The van der Waals surface area contributed by atoms with Crippen LogP contribution in [0.15, 0.2) is 24.3 Å². The molecule has 1 aromatic rings. The molecule has 100 valence electrons. The summed E-state index contributed by atoms with van der Waals surface area (Å²) >= 11 is 3.89. The fourth-order valence-corrected chi connectivity index (χ4v) is 3.95. The maximum absolute atomic E-state index is 5.68. The lowest BCUT2D eigenvalue weighted by Gasteiger charge is -2.22. The highest BCUT2D eigenvalue weighted by atomic mass is 79.9. The van der Waals surface area contributed by atoms with Crippen LogP contribution in [-0.2, 0) is 0 Å². The van der Waals surface area contributed by atoms with Crippen molar-refractivity contribution in [3.05, 3.63) is 29.8 Å². The van der Waals surface area contributed by atoms with Crippen molar-refractivity contribution in [1.82, 2.24) is 0 Å². The van der Waals surface area contributed by atoms with Crippen molar-refractivity contribution in [2.24, 2.45) is 11.8 Å². The molecule has 1 nitrogen and oxygen atoms in total. The van der Waals surface area contributed by atoms with E-state index in [1.54, 1.807) is 0 Å². The van der Waals surface area contributed by atoms with E-state index in [1.807, 2.05) is 0 Å². The van der Waals surface area contributed by atoms with E-state index in [-0.39, 0.29) is 6.10 Å². The first-order valence-corrected chi connectivity index (χ1v) is 7.90. The zero-order chi connectivity index (χ0) is 13.1. The summed E-state index contributed by atoms with van der Waals surface area (Å²) in [6.07, 6.45) is 4.34. The van der Waals surface area contributed by atoms with Gasteiger partial charge in [0.1, 0.15) is 5.75 Å². The molecular formula is C16H23BrO. The average Bonchev–Trinajstić information content (AvgIpc) is 2.75. The van der Waals surface area contributed by atoms with Crippen molar-refractivity contribution in [2.75, 3.05) is 0 Å². The van der Waals surface area contributed by atoms with Crippen molar-refractivity contribution in [3.8, 4) is 5.75 Å². The number of rotatable bonds is 4. The Hall–Kier alpha value is -0.500. The monoisotopic (exact) mass is 310 g/mol. The van der Waals surface area contributed by atoms with Crippen LogP contribution in [0.1, 0.15) is 50.4 Å². The summed E-state index contributed by atoms with van der Waals surface area (Å²) in [6, 6.07) is 8.57. The zero-order valence-electron chi connectivity index (χ0n) is 11.5. The Kier molecular flexibility index (Phi) is 4.71. The van der Waals surface area contributed by atoms with E-state index in [0.29, 0.717) is 4.83 Å². The van der Waals surface area contributed by atoms with Gasteiger partial charge < -0.3 is 4.74 Å². The Balaban J connectivity index is 2.04. The predicted octanol–water partition coefficient (Wildman–Crippen LogP) is 5.35. The molecule has 0 saturated heterocycles. The van der Waals surface area contributed by atoms with Crippen LogP contribution in [0.2, 0.25) is 0 Å². The summed E-state index contributed by atoms with van der Waals surface area (Å²) in [7, 11) is 0. The van der Waals surface area contributed by atoms with Crippen molar-refractivity contribution in [3.63, 3.8) is 0 Å². The Morgan fingerprint density at radius 1 is 1.17 bits per heavy atom. The minimum Gasteiger partial charge on any atom is -0.491 e. The Morgan fingerprint density at radius 2 is 1.83 bits per heavy atom. The Bertz CT molecular complexity index is 371. The fourth-order valence-electron chi connectivity index (χ4n) is 2.86. The van der Waals surface area contributed by atoms with Crippen LogP contribution in [0.4, 0.5) is 0 Å². The zero-order valence-corrected chi connectivity index (χ0v) is 13.1. The largest absolute Gasteiger partial charge is 0.491 e. The van der Waals surface area contributed by atoms with Gasteiger partial charge >= 0.3 is 0 Å². The van der Waals surface area contributed by atoms with Gasteiger partial charge in [0.25, 0.3) is 0 Å². The van der Waals surface area contributed by atoms with Crippen molar-refractivity contribution < 1.29 is 4.74 Å². The lowest BCUT2D eigenvalue weighted by Crippen LogP contribution is -2.10. The smallest absolute Gasteiger partial charge is 0.119 e. The molecule has 0 radical (unpaired) electrons. The third-order valence-corrected chi connectivity index (χ3v) is 5.08. The molecule has 3 unspecified atom stereocenters. The summed E-state index contributed by atoms with van der Waals surface area (Å²) in [5, 5.41) is 0. The molecule has 0 amide bonds. The number of benzene rings is 1. The Morgan fingerprint density at radius 3 is 2.33 bits per heavy atom. The highest BCUT2D eigenvalue weighted by Gasteiger charge is 2.30. The lowest BCUT2D eigenvalue weighted by molar-refractivity contribution is 0.242. The predicted molar refractivity (Wildman–Crippen MR) is 80.4 cm³/mol. The van der Waals surface area contributed by atoms with Gasteiger partial charge in [0.05, 0.1) is 6.10 Å². The van der Waals surface area contributed by atoms with Gasteiger partial charge in [-0.05, 0) is 49.8 Å². The van der Waals surface area contributed by atoms with Gasteiger partial charge in [-0.25, -0.2) is 0 Å². The van der Waals surface area contributed by atoms with E-state index in [9.17, 15) is 0 Å². The molecule has 2 rings (SSSR count). The van der Waals surface area contributed by atoms with Crippen LogP contribution in [0.5, 0.6) is 5.75 Å². The van der Waals surface area contributed by atoms with Crippen LogP contribution in [0, 0.1) is 11.8 Å². The van der Waals surface area contributed by atoms with E-state index in [4.69, 9.17) is 4.74 Å². The second kappa shape index (κ2) is 6.10. The summed E-state index contributed by atoms with van der Waals surface area (Å²) in [4.78, 5) is 0.489. The molecule has 18 heavy (non-hydrogen) atoms. The molecule has 1 aliphatic carbocycles. The van der Waals surface area contributed by atoms with Crippen molar-refractivity contribution in [1.29, 1.82) is 0 Å². The second-order valence-electron chi connectivity index (χ2n) is 5.71. The van der Waals surface area contributed by atoms with Crippen molar-refractivity contribution in [2.45, 2.75) is 51.0 Å². The molecule has 0 aromatic heterocycles. The number of halogens is 1. The first kappa shape index (κ1) is 13.9. The normalized spacial score (nSPS) is 25.4. The van der Waals surface area contributed by atoms with Crippen LogP contribution < -0.4 is 4.74 Å². The van der Waals surface area contributed by atoms with Gasteiger partial charge in [0.2, 0.25) is 0 Å². The SMILES string of the molecule is CC(C)Oc1ccc(C(Br)C2CCCC2C)cc1. The third-order valence-electron chi connectivity index (χ3n) is 3.87. The van der Waals surface area contributed by atoms with Gasteiger partial charge in [-0.2, -0.15) is 0 Å². The third kappa shape index (κ3) is 3.28. The van der Waals surface area contributed by atoms with Gasteiger partial charge in [-0.3, -0.25) is 0 Å². The van der Waals surface area contributed by atoms with Crippen molar-refractivity contribution >= 4 is 15.9 Å². The van der Waals surface area contributed by atoms with Crippen LogP contribution >= 0.6 is 15.9 Å². The van der Waals surface area contributed by atoms with Gasteiger partial charge in [0, 0.05) is 4.83 Å². The van der Waals surface area contributed by atoms with E-state index in [0.717, 1.165) is 17.6 Å². The second-order valence-corrected chi connectivity index (χ2v) is 6.70. The van der Waals surface area contributed by atoms with E-state index >= 15 is 0 Å². The molecule has 1 aromatic carbocycles. The minimum atomic E-state index is 0.241. The first-order valence-electron chi connectivity index (χ1n) is 6.98. The highest BCUT2D eigenvalue weighted by molar-refractivity contribution is 9.09. The maximum atomic E-state index is 5.68. The number of ether oxygens (including phenoxy) is 1. The molecular weight excluding hydrogens is 288 g/mol.